The van der Waals surface area contributed by atoms with Crippen molar-refractivity contribution in [2.45, 2.75) is 18.7 Å². The van der Waals surface area contributed by atoms with E-state index in [1.165, 1.54) is 18.2 Å². The molecule has 21 heavy (non-hydrogen) atoms. The van der Waals surface area contributed by atoms with Gasteiger partial charge in [0.25, 0.3) is 0 Å². The Bertz CT molecular complexity index is 649. The molecule has 1 N–H and O–H groups in total. The van der Waals surface area contributed by atoms with Gasteiger partial charge in [0.1, 0.15) is 4.90 Å². The van der Waals surface area contributed by atoms with Crippen LogP contribution < -0.4 is 4.72 Å². The molecule has 0 aliphatic carbocycles. The van der Waals surface area contributed by atoms with Gasteiger partial charge >= 0.3 is 0 Å². The van der Waals surface area contributed by atoms with Crippen molar-refractivity contribution in [1.29, 1.82) is 5.26 Å². The van der Waals surface area contributed by atoms with Gasteiger partial charge < -0.3 is 4.90 Å². The topological polar surface area (TPSA) is 73.2 Å². The number of hydrogen-bond donors (Lipinski definition) is 1. The highest BCUT2D eigenvalue weighted by Gasteiger charge is 2.24. The Kier molecular flexibility index (Phi) is 5.76. The number of rotatable bonds is 6. The van der Waals surface area contributed by atoms with E-state index in [1.54, 1.807) is 0 Å². The molecule has 0 saturated carbocycles. The maximum absolute atomic E-state index is 12.3. The van der Waals surface area contributed by atoms with Gasteiger partial charge in [0.2, 0.25) is 10.0 Å². The Morgan fingerprint density at radius 3 is 2.48 bits per heavy atom. The fraction of sp³-hybridized carbons (Fsp3) is 0.500. The quantitative estimate of drug-likeness (QED) is 0.867. The molecule has 0 aliphatic heterocycles. The number of hydrogen-bond acceptors (Lipinski definition) is 4. The predicted octanol–water partition coefficient (Wildman–Crippen LogP) is 2.08. The zero-order valence-corrected chi connectivity index (χ0v) is 14.2. The molecule has 0 amide bonds. The average Bonchev–Trinajstić information content (AvgIpc) is 2.34. The lowest BCUT2D eigenvalue weighted by molar-refractivity contribution is 0.242. The molecular formula is C14H20ClN3O2S. The summed E-state index contributed by atoms with van der Waals surface area (Å²) in [7, 11) is 0.182. The monoisotopic (exact) mass is 329 g/mol. The van der Waals surface area contributed by atoms with Crippen LogP contribution in [0.2, 0.25) is 5.02 Å². The minimum Gasteiger partial charge on any atom is -0.309 e. The van der Waals surface area contributed by atoms with Crippen LogP contribution in [-0.2, 0) is 10.0 Å². The third kappa shape index (κ3) is 5.29. The van der Waals surface area contributed by atoms with E-state index in [1.807, 2.05) is 38.9 Å². The molecule has 0 fully saturated rings. The van der Waals surface area contributed by atoms with Gasteiger partial charge in [-0.05, 0) is 37.7 Å². The maximum atomic E-state index is 12.3. The Labute approximate surface area is 131 Å². The van der Waals surface area contributed by atoms with E-state index < -0.39 is 10.0 Å². The molecule has 0 heterocycles. The summed E-state index contributed by atoms with van der Waals surface area (Å²) in [6.07, 6.45) is 0. The standard InChI is InChI=1S/C14H20ClN3O2S/c1-14(2,10-18(3)4)9-17-21(19,20)13-6-5-11(8-16)7-12(13)15/h5-7,17H,9-10H2,1-4H3. The second-order valence-corrected chi connectivity index (χ2v) is 8.13. The first-order valence-electron chi connectivity index (χ1n) is 6.41. The molecule has 5 nitrogen and oxygen atoms in total. The van der Waals surface area contributed by atoms with Gasteiger partial charge in [-0.2, -0.15) is 5.26 Å². The summed E-state index contributed by atoms with van der Waals surface area (Å²) in [5.74, 6) is 0. The average molecular weight is 330 g/mol. The van der Waals surface area contributed by atoms with Crippen LogP contribution in [0.25, 0.3) is 0 Å². The molecule has 0 bridgehead atoms. The number of sulfonamides is 1. The lowest BCUT2D eigenvalue weighted by Crippen LogP contribution is -2.40. The van der Waals surface area contributed by atoms with E-state index in [2.05, 4.69) is 4.72 Å². The van der Waals surface area contributed by atoms with Gasteiger partial charge in [-0.3, -0.25) is 0 Å². The predicted molar refractivity (Wildman–Crippen MR) is 83.7 cm³/mol. The van der Waals surface area contributed by atoms with E-state index in [0.29, 0.717) is 12.1 Å². The van der Waals surface area contributed by atoms with Crippen molar-refractivity contribution < 1.29 is 8.42 Å². The Hall–Kier alpha value is -1.13. The molecule has 7 heteroatoms. The minimum atomic E-state index is -3.69. The number of nitrogens with zero attached hydrogens (tertiary/aromatic N) is 2. The summed E-state index contributed by atoms with van der Waals surface area (Å²) in [5.41, 5.74) is 0.113. The lowest BCUT2D eigenvalue weighted by Gasteiger charge is -2.28. The molecule has 116 valence electrons. The first-order chi connectivity index (χ1) is 9.57. The van der Waals surface area contributed by atoms with E-state index in [0.717, 1.165) is 6.54 Å². The zero-order chi connectivity index (χ0) is 16.3. The molecule has 0 unspecified atom stereocenters. The Balaban J connectivity index is 2.91. The van der Waals surface area contributed by atoms with E-state index >= 15 is 0 Å². The van der Waals surface area contributed by atoms with Crippen molar-refractivity contribution in [2.75, 3.05) is 27.2 Å². The summed E-state index contributed by atoms with van der Waals surface area (Å²) in [5, 5.41) is 8.82. The maximum Gasteiger partial charge on any atom is 0.242 e. The van der Waals surface area contributed by atoms with Crippen LogP contribution in [0.4, 0.5) is 0 Å². The van der Waals surface area contributed by atoms with Crippen LogP contribution >= 0.6 is 11.6 Å². The molecule has 0 saturated heterocycles. The third-order valence-electron chi connectivity index (χ3n) is 2.84. The van der Waals surface area contributed by atoms with Crippen LogP contribution in [0.15, 0.2) is 23.1 Å². The molecule has 0 spiro atoms. The summed E-state index contributed by atoms with van der Waals surface area (Å²) < 4.78 is 27.2. The van der Waals surface area contributed by atoms with Crippen molar-refractivity contribution in [2.24, 2.45) is 5.41 Å². The summed E-state index contributed by atoms with van der Waals surface area (Å²) >= 11 is 5.95. The molecular weight excluding hydrogens is 310 g/mol. The number of halogens is 1. The van der Waals surface area contributed by atoms with Crippen LogP contribution in [0.1, 0.15) is 19.4 Å². The van der Waals surface area contributed by atoms with Crippen LogP contribution in [0.5, 0.6) is 0 Å². The lowest BCUT2D eigenvalue weighted by atomic mass is 9.93. The third-order valence-corrected chi connectivity index (χ3v) is 4.72. The van der Waals surface area contributed by atoms with E-state index in [-0.39, 0.29) is 15.3 Å². The normalized spacial score (nSPS) is 12.4. The minimum absolute atomic E-state index is 0.0104. The highest BCUT2D eigenvalue weighted by atomic mass is 35.5. The smallest absolute Gasteiger partial charge is 0.242 e. The van der Waals surface area contributed by atoms with Crippen molar-refractivity contribution in [3.63, 3.8) is 0 Å². The van der Waals surface area contributed by atoms with Crippen molar-refractivity contribution in [3.05, 3.63) is 28.8 Å². The second kappa shape index (κ2) is 6.75. The van der Waals surface area contributed by atoms with Gasteiger partial charge in [-0.25, -0.2) is 13.1 Å². The molecule has 1 rings (SSSR count). The first kappa shape index (κ1) is 17.9. The zero-order valence-electron chi connectivity index (χ0n) is 12.6. The van der Waals surface area contributed by atoms with Gasteiger partial charge in [0, 0.05) is 13.1 Å². The van der Waals surface area contributed by atoms with E-state index in [9.17, 15) is 8.42 Å². The molecule has 0 atom stereocenters. The molecule has 0 aromatic heterocycles. The van der Waals surface area contributed by atoms with Gasteiger partial charge in [-0.15, -0.1) is 0 Å². The first-order valence-corrected chi connectivity index (χ1v) is 8.27. The Morgan fingerprint density at radius 1 is 1.38 bits per heavy atom. The van der Waals surface area contributed by atoms with Gasteiger partial charge in [-0.1, -0.05) is 25.4 Å². The number of nitriles is 1. The van der Waals surface area contributed by atoms with Crippen LogP contribution in [-0.4, -0.2) is 40.5 Å². The van der Waals surface area contributed by atoms with Gasteiger partial charge in [0.15, 0.2) is 0 Å². The highest BCUT2D eigenvalue weighted by molar-refractivity contribution is 7.89. The fourth-order valence-electron chi connectivity index (χ4n) is 2.07. The summed E-state index contributed by atoms with van der Waals surface area (Å²) in [6.45, 7) is 5.01. The molecule has 0 aliphatic rings. The molecule has 1 aromatic carbocycles. The van der Waals surface area contributed by atoms with E-state index in [4.69, 9.17) is 16.9 Å². The summed E-state index contributed by atoms with van der Waals surface area (Å²) in [6, 6.07) is 6.05. The Morgan fingerprint density at radius 2 is 2.00 bits per heavy atom. The van der Waals surface area contributed by atoms with Crippen molar-refractivity contribution >= 4 is 21.6 Å². The van der Waals surface area contributed by atoms with Crippen molar-refractivity contribution in [1.82, 2.24) is 9.62 Å². The molecule has 1 aromatic rings. The largest absolute Gasteiger partial charge is 0.309 e. The number of nitrogens with one attached hydrogen (secondary N) is 1. The fourth-order valence-corrected chi connectivity index (χ4v) is 3.85. The highest BCUT2D eigenvalue weighted by Crippen LogP contribution is 2.23. The number of benzene rings is 1. The van der Waals surface area contributed by atoms with Gasteiger partial charge in [0.05, 0.1) is 16.7 Å². The summed E-state index contributed by atoms with van der Waals surface area (Å²) in [4.78, 5) is 1.99. The molecule has 0 radical (unpaired) electrons. The second-order valence-electron chi connectivity index (χ2n) is 5.98. The SMILES string of the molecule is CN(C)CC(C)(C)CNS(=O)(=O)c1ccc(C#N)cc1Cl. The van der Waals surface area contributed by atoms with Crippen LogP contribution in [0, 0.1) is 16.7 Å². The van der Waals surface area contributed by atoms with Crippen molar-refractivity contribution in [3.8, 4) is 6.07 Å². The van der Waals surface area contributed by atoms with Crippen LogP contribution in [0.3, 0.4) is 0 Å².